The van der Waals surface area contributed by atoms with Gasteiger partial charge in [0.15, 0.2) is 11.5 Å². The van der Waals surface area contributed by atoms with Crippen molar-refractivity contribution >= 4 is 5.91 Å². The monoisotopic (exact) mass is 382 g/mol. The number of benzene rings is 1. The minimum Gasteiger partial charge on any atom is -0.486 e. The molecule has 1 aromatic heterocycles. The van der Waals surface area contributed by atoms with Crippen LogP contribution in [-0.2, 0) is 4.79 Å². The molecule has 2 aliphatic heterocycles. The molecule has 1 atom stereocenters. The maximum Gasteiger partial charge on any atom is 0.267 e. The van der Waals surface area contributed by atoms with Gasteiger partial charge in [0.2, 0.25) is 6.10 Å². The summed E-state index contributed by atoms with van der Waals surface area (Å²) >= 11 is 0. The van der Waals surface area contributed by atoms with Crippen LogP contribution < -0.4 is 19.8 Å². The van der Waals surface area contributed by atoms with E-state index in [4.69, 9.17) is 14.2 Å². The van der Waals surface area contributed by atoms with Gasteiger partial charge in [0.1, 0.15) is 18.5 Å². The van der Waals surface area contributed by atoms with E-state index in [1.165, 1.54) is 0 Å². The molecule has 2 aromatic rings. The van der Waals surface area contributed by atoms with Gasteiger partial charge >= 0.3 is 0 Å². The van der Waals surface area contributed by atoms with E-state index >= 15 is 0 Å². The Kier molecular flexibility index (Phi) is 4.03. The molecule has 2 fully saturated rings. The molecule has 1 amide bonds. The molecular formula is C21H22N2O5. The van der Waals surface area contributed by atoms with Crippen LogP contribution in [0.2, 0.25) is 0 Å². The molecule has 0 radical (unpaired) electrons. The molecule has 0 N–H and O–H groups in total. The van der Waals surface area contributed by atoms with E-state index in [0.29, 0.717) is 36.4 Å². The predicted octanol–water partition coefficient (Wildman–Crippen LogP) is 1.92. The number of fused-ring (bicyclic) bond motifs is 1. The van der Waals surface area contributed by atoms with Crippen LogP contribution in [-0.4, -0.2) is 47.3 Å². The lowest BCUT2D eigenvalue weighted by Gasteiger charge is -2.41. The molecule has 0 unspecified atom stereocenters. The van der Waals surface area contributed by atoms with Crippen molar-refractivity contribution in [2.45, 2.75) is 38.0 Å². The number of carbonyl (C=O) groups excluding carboxylic acids is 1. The Bertz CT molecular complexity index is 975. The van der Waals surface area contributed by atoms with E-state index in [9.17, 15) is 9.59 Å². The fourth-order valence-electron chi connectivity index (χ4n) is 3.78. The van der Waals surface area contributed by atoms with Gasteiger partial charge in [0.25, 0.3) is 11.5 Å². The summed E-state index contributed by atoms with van der Waals surface area (Å²) in [7, 11) is 0. The third kappa shape index (κ3) is 3.10. The zero-order valence-corrected chi connectivity index (χ0v) is 15.7. The van der Waals surface area contributed by atoms with E-state index < -0.39 is 6.10 Å². The molecule has 1 saturated heterocycles. The molecule has 1 aliphatic carbocycles. The number of carbonyl (C=O) groups is 1. The van der Waals surface area contributed by atoms with Gasteiger partial charge in [-0.25, -0.2) is 0 Å². The molecular weight excluding hydrogens is 360 g/mol. The second kappa shape index (κ2) is 6.58. The number of rotatable bonds is 4. The molecule has 1 saturated carbocycles. The number of nitrogens with zero attached hydrogens (tertiary/aromatic N) is 2. The molecule has 7 heteroatoms. The summed E-state index contributed by atoms with van der Waals surface area (Å²) in [5.74, 6) is 1.72. The molecule has 7 nitrogen and oxygen atoms in total. The molecule has 28 heavy (non-hydrogen) atoms. The third-order valence-electron chi connectivity index (χ3n) is 5.39. The fraction of sp³-hybridized carbons (Fsp3) is 0.429. The Labute approximate surface area is 162 Å². The van der Waals surface area contributed by atoms with Gasteiger partial charge in [-0.1, -0.05) is 12.1 Å². The maximum absolute atomic E-state index is 12.6. The Morgan fingerprint density at radius 1 is 1.14 bits per heavy atom. The van der Waals surface area contributed by atoms with Crippen LogP contribution in [0.15, 0.2) is 41.2 Å². The first-order valence-corrected chi connectivity index (χ1v) is 9.65. The Hall–Kier alpha value is -2.96. The van der Waals surface area contributed by atoms with Gasteiger partial charge in [-0.05, 0) is 38.0 Å². The second-order valence-corrected chi connectivity index (χ2v) is 7.62. The second-order valence-electron chi connectivity index (χ2n) is 7.62. The summed E-state index contributed by atoms with van der Waals surface area (Å²) in [6.07, 6.45) is 1.38. The number of hydrogen-bond donors (Lipinski definition) is 0. The number of ether oxygens (including phenoxy) is 3. The first-order chi connectivity index (χ1) is 13.6. The number of aromatic nitrogens is 1. The van der Waals surface area contributed by atoms with Gasteiger partial charge in [-0.15, -0.1) is 0 Å². The van der Waals surface area contributed by atoms with E-state index in [1.807, 2.05) is 35.8 Å². The number of para-hydroxylation sites is 2. The molecule has 3 aliphatic rings. The quantitative estimate of drug-likeness (QED) is 0.808. The van der Waals surface area contributed by atoms with Gasteiger partial charge in [-0.2, -0.15) is 0 Å². The Morgan fingerprint density at radius 3 is 2.61 bits per heavy atom. The minimum atomic E-state index is -0.638. The van der Waals surface area contributed by atoms with Crippen molar-refractivity contribution in [1.29, 1.82) is 0 Å². The zero-order chi connectivity index (χ0) is 19.3. The molecule has 0 bridgehead atoms. The highest BCUT2D eigenvalue weighted by Gasteiger charge is 2.39. The average Bonchev–Trinajstić information content (AvgIpc) is 3.48. The van der Waals surface area contributed by atoms with Crippen LogP contribution in [0.5, 0.6) is 17.2 Å². The van der Waals surface area contributed by atoms with Crippen molar-refractivity contribution in [3.63, 3.8) is 0 Å². The Morgan fingerprint density at radius 2 is 1.89 bits per heavy atom. The SMILES string of the molecule is Cc1cc(OC2CN(C(=O)[C@H]3COc4ccccc4O3)C2)cc(=O)n1C1CC1. The van der Waals surface area contributed by atoms with E-state index in [-0.39, 0.29) is 24.2 Å². The largest absolute Gasteiger partial charge is 0.486 e. The highest BCUT2D eigenvalue weighted by molar-refractivity contribution is 5.82. The van der Waals surface area contributed by atoms with Gasteiger partial charge in [-0.3, -0.25) is 9.59 Å². The zero-order valence-electron chi connectivity index (χ0n) is 15.7. The average molecular weight is 382 g/mol. The summed E-state index contributed by atoms with van der Waals surface area (Å²) in [5, 5.41) is 0. The van der Waals surface area contributed by atoms with Crippen molar-refractivity contribution in [2.24, 2.45) is 0 Å². The standard InChI is InChI=1S/C21H22N2O5/c1-13-8-15(9-20(24)23(13)14-6-7-14)27-16-10-22(11-16)21(25)19-12-26-17-4-2-3-5-18(17)28-19/h2-5,8-9,14,16,19H,6-7,10-12H2,1H3/t19-/m1/s1. The number of likely N-dealkylation sites (tertiary alicyclic amines) is 1. The fourth-order valence-corrected chi connectivity index (χ4v) is 3.78. The molecule has 1 aromatic carbocycles. The lowest BCUT2D eigenvalue weighted by molar-refractivity contribution is -0.150. The summed E-state index contributed by atoms with van der Waals surface area (Å²) in [6.45, 7) is 3.09. The maximum atomic E-state index is 12.6. The van der Waals surface area contributed by atoms with E-state index in [2.05, 4.69) is 0 Å². The summed E-state index contributed by atoms with van der Waals surface area (Å²) in [4.78, 5) is 26.6. The first-order valence-electron chi connectivity index (χ1n) is 9.65. The van der Waals surface area contributed by atoms with E-state index in [1.54, 1.807) is 17.0 Å². The first kappa shape index (κ1) is 17.2. The molecule has 3 heterocycles. The highest BCUT2D eigenvalue weighted by Crippen LogP contribution is 2.35. The molecule has 146 valence electrons. The molecule has 5 rings (SSSR count). The highest BCUT2D eigenvalue weighted by atomic mass is 16.6. The lowest BCUT2D eigenvalue weighted by Crippen LogP contribution is -2.60. The van der Waals surface area contributed by atoms with Crippen LogP contribution in [0, 0.1) is 6.92 Å². The van der Waals surface area contributed by atoms with Crippen LogP contribution >= 0.6 is 0 Å². The van der Waals surface area contributed by atoms with Crippen LogP contribution in [0.3, 0.4) is 0 Å². The van der Waals surface area contributed by atoms with Gasteiger partial charge < -0.3 is 23.7 Å². The number of hydrogen-bond acceptors (Lipinski definition) is 5. The predicted molar refractivity (Wildman–Crippen MR) is 101 cm³/mol. The topological polar surface area (TPSA) is 70.0 Å². The third-order valence-corrected chi connectivity index (χ3v) is 5.39. The minimum absolute atomic E-state index is 0.0174. The van der Waals surface area contributed by atoms with E-state index in [0.717, 1.165) is 18.5 Å². The van der Waals surface area contributed by atoms with Crippen LogP contribution in [0.1, 0.15) is 24.6 Å². The van der Waals surface area contributed by atoms with Crippen molar-refractivity contribution < 1.29 is 19.0 Å². The summed E-state index contributed by atoms with van der Waals surface area (Å²) < 4.78 is 19.1. The normalized spacial score (nSPS) is 21.2. The smallest absolute Gasteiger partial charge is 0.267 e. The van der Waals surface area contributed by atoms with Crippen molar-refractivity contribution in [2.75, 3.05) is 19.7 Å². The number of aryl methyl sites for hydroxylation is 1. The van der Waals surface area contributed by atoms with Crippen molar-refractivity contribution in [3.05, 3.63) is 52.4 Å². The summed E-state index contributed by atoms with van der Waals surface area (Å²) in [6, 6.07) is 11.1. The lowest BCUT2D eigenvalue weighted by atomic mass is 10.1. The van der Waals surface area contributed by atoms with Crippen LogP contribution in [0.25, 0.3) is 0 Å². The van der Waals surface area contributed by atoms with Crippen molar-refractivity contribution in [3.8, 4) is 17.2 Å². The van der Waals surface area contributed by atoms with Crippen molar-refractivity contribution in [1.82, 2.24) is 9.47 Å². The summed E-state index contributed by atoms with van der Waals surface area (Å²) in [5.41, 5.74) is 0.903. The van der Waals surface area contributed by atoms with Gasteiger partial charge in [0.05, 0.1) is 13.1 Å². The number of pyridine rings is 1. The van der Waals surface area contributed by atoms with Gasteiger partial charge in [0, 0.05) is 17.8 Å². The Balaban J connectivity index is 1.18. The molecule has 0 spiro atoms. The number of amides is 1. The van der Waals surface area contributed by atoms with Crippen LogP contribution in [0.4, 0.5) is 0 Å².